The molecule has 1 heterocycles. The molecule has 1 unspecified atom stereocenters. The number of thioether (sulfide) groups is 1. The minimum absolute atomic E-state index is 0.0171. The zero-order chi connectivity index (χ0) is 15.9. The summed E-state index contributed by atoms with van der Waals surface area (Å²) in [7, 11) is 0. The Kier molecular flexibility index (Phi) is 7.02. The van der Waals surface area contributed by atoms with Crippen LogP contribution in [0.15, 0.2) is 0 Å². The molecule has 0 bridgehead atoms. The fourth-order valence-electron chi connectivity index (χ4n) is 3.28. The van der Waals surface area contributed by atoms with E-state index in [-0.39, 0.29) is 23.8 Å². The summed E-state index contributed by atoms with van der Waals surface area (Å²) >= 11 is 1.69. The van der Waals surface area contributed by atoms with Crippen LogP contribution in [0.25, 0.3) is 0 Å². The maximum absolute atomic E-state index is 12.6. The molecule has 0 spiro atoms. The van der Waals surface area contributed by atoms with E-state index in [9.17, 15) is 9.59 Å². The molecule has 0 aromatic rings. The third-order valence-corrected chi connectivity index (χ3v) is 5.81. The van der Waals surface area contributed by atoms with E-state index in [4.69, 9.17) is 0 Å². The van der Waals surface area contributed by atoms with Gasteiger partial charge in [0, 0.05) is 24.8 Å². The second-order valence-corrected chi connectivity index (χ2v) is 7.12. The van der Waals surface area contributed by atoms with Gasteiger partial charge in [-0.3, -0.25) is 9.59 Å². The maximum Gasteiger partial charge on any atom is 0.243 e. The molecule has 1 N–H and O–H groups in total. The summed E-state index contributed by atoms with van der Waals surface area (Å²) in [6, 6.07) is -0.269. The summed E-state index contributed by atoms with van der Waals surface area (Å²) in [5, 5.41) is 3.01. The van der Waals surface area contributed by atoms with Crippen molar-refractivity contribution in [2.45, 2.75) is 45.6 Å². The van der Waals surface area contributed by atoms with Crippen LogP contribution in [-0.4, -0.2) is 65.5 Å². The van der Waals surface area contributed by atoms with Crippen LogP contribution in [0.3, 0.4) is 0 Å². The normalized spacial score (nSPS) is 22.5. The Morgan fingerprint density at radius 3 is 2.55 bits per heavy atom. The molecule has 1 atom stereocenters. The van der Waals surface area contributed by atoms with E-state index in [1.165, 1.54) is 0 Å². The molecule has 0 aromatic heterocycles. The molecule has 2 aliphatic rings. The molecule has 2 rings (SSSR count). The SMILES string of the molecule is CCN(CC)CCNC(=O)C1CSCN1C(=O)C1CCCC1. The molecular formula is C16H29N3O2S. The second-order valence-electron chi connectivity index (χ2n) is 6.12. The lowest BCUT2D eigenvalue weighted by molar-refractivity contribution is -0.141. The number of carbonyl (C=O) groups excluding carboxylic acids is 2. The predicted octanol–water partition coefficient (Wildman–Crippen LogP) is 1.54. The molecule has 2 amide bonds. The molecule has 0 aromatic carbocycles. The lowest BCUT2D eigenvalue weighted by atomic mass is 10.1. The number of likely N-dealkylation sites (N-methyl/N-ethyl adjacent to an activating group) is 1. The van der Waals surface area contributed by atoms with Crippen molar-refractivity contribution in [3.8, 4) is 0 Å². The Morgan fingerprint density at radius 2 is 1.91 bits per heavy atom. The Labute approximate surface area is 138 Å². The van der Waals surface area contributed by atoms with E-state index >= 15 is 0 Å². The first-order chi connectivity index (χ1) is 10.7. The maximum atomic E-state index is 12.6. The highest BCUT2D eigenvalue weighted by atomic mass is 32.2. The number of hydrogen-bond donors (Lipinski definition) is 1. The molecule has 2 fully saturated rings. The molecule has 22 heavy (non-hydrogen) atoms. The fraction of sp³-hybridized carbons (Fsp3) is 0.875. The molecule has 6 heteroatoms. The first-order valence-electron chi connectivity index (χ1n) is 8.55. The minimum Gasteiger partial charge on any atom is -0.353 e. The van der Waals surface area contributed by atoms with Gasteiger partial charge in [-0.2, -0.15) is 0 Å². The van der Waals surface area contributed by atoms with Crippen LogP contribution in [0.4, 0.5) is 0 Å². The quantitative estimate of drug-likeness (QED) is 0.771. The highest BCUT2D eigenvalue weighted by molar-refractivity contribution is 7.99. The van der Waals surface area contributed by atoms with Gasteiger partial charge >= 0.3 is 0 Å². The smallest absolute Gasteiger partial charge is 0.243 e. The van der Waals surface area contributed by atoms with E-state index in [0.29, 0.717) is 12.4 Å². The van der Waals surface area contributed by atoms with Gasteiger partial charge in [-0.25, -0.2) is 0 Å². The Hall–Kier alpha value is -0.750. The van der Waals surface area contributed by atoms with Crippen LogP contribution in [-0.2, 0) is 9.59 Å². The number of hydrogen-bond acceptors (Lipinski definition) is 4. The molecule has 5 nitrogen and oxygen atoms in total. The van der Waals surface area contributed by atoms with Gasteiger partial charge in [0.15, 0.2) is 0 Å². The minimum atomic E-state index is -0.269. The first kappa shape index (κ1) is 17.6. The van der Waals surface area contributed by atoms with Gasteiger partial charge in [-0.05, 0) is 25.9 Å². The van der Waals surface area contributed by atoms with Gasteiger partial charge < -0.3 is 15.1 Å². The van der Waals surface area contributed by atoms with Crippen molar-refractivity contribution in [1.82, 2.24) is 15.1 Å². The zero-order valence-electron chi connectivity index (χ0n) is 13.8. The van der Waals surface area contributed by atoms with Gasteiger partial charge in [-0.1, -0.05) is 26.7 Å². The highest BCUT2D eigenvalue weighted by Gasteiger charge is 2.38. The topological polar surface area (TPSA) is 52.7 Å². The van der Waals surface area contributed by atoms with Crippen LogP contribution in [0.2, 0.25) is 0 Å². The van der Waals surface area contributed by atoms with E-state index in [2.05, 4.69) is 24.1 Å². The molecule has 1 aliphatic carbocycles. The van der Waals surface area contributed by atoms with E-state index in [1.807, 2.05) is 4.90 Å². The average molecular weight is 327 g/mol. The summed E-state index contributed by atoms with van der Waals surface area (Å²) in [6.45, 7) is 7.78. The molecule has 0 radical (unpaired) electrons. The van der Waals surface area contributed by atoms with Crippen molar-refractivity contribution < 1.29 is 9.59 Å². The highest BCUT2D eigenvalue weighted by Crippen LogP contribution is 2.30. The predicted molar refractivity (Wildman–Crippen MR) is 90.7 cm³/mol. The van der Waals surface area contributed by atoms with E-state index < -0.39 is 0 Å². The van der Waals surface area contributed by atoms with Crippen molar-refractivity contribution in [2.24, 2.45) is 5.92 Å². The molecule has 1 saturated carbocycles. The van der Waals surface area contributed by atoms with Crippen LogP contribution in [0.5, 0.6) is 0 Å². The molecule has 1 saturated heterocycles. The van der Waals surface area contributed by atoms with Crippen LogP contribution in [0.1, 0.15) is 39.5 Å². The molecular weight excluding hydrogens is 298 g/mol. The molecule has 1 aliphatic heterocycles. The molecule has 126 valence electrons. The van der Waals surface area contributed by atoms with Gasteiger partial charge in [0.25, 0.3) is 0 Å². The summed E-state index contributed by atoms with van der Waals surface area (Å²) in [5.74, 6) is 1.78. The number of carbonyl (C=O) groups is 2. The van der Waals surface area contributed by atoms with Crippen LogP contribution >= 0.6 is 11.8 Å². The van der Waals surface area contributed by atoms with Crippen molar-refractivity contribution in [2.75, 3.05) is 37.8 Å². The fourth-order valence-corrected chi connectivity index (χ4v) is 4.44. The van der Waals surface area contributed by atoms with Crippen molar-refractivity contribution in [1.29, 1.82) is 0 Å². The number of nitrogens with one attached hydrogen (secondary N) is 1. The van der Waals surface area contributed by atoms with Gasteiger partial charge in [-0.15, -0.1) is 11.8 Å². The van der Waals surface area contributed by atoms with E-state index in [1.54, 1.807) is 11.8 Å². The van der Waals surface area contributed by atoms with Crippen LogP contribution in [0, 0.1) is 5.92 Å². The lowest BCUT2D eigenvalue weighted by Gasteiger charge is -2.26. The number of amides is 2. The van der Waals surface area contributed by atoms with Crippen molar-refractivity contribution in [3.63, 3.8) is 0 Å². The summed E-state index contributed by atoms with van der Waals surface area (Å²) in [6.07, 6.45) is 4.29. The van der Waals surface area contributed by atoms with Crippen molar-refractivity contribution in [3.05, 3.63) is 0 Å². The zero-order valence-corrected chi connectivity index (χ0v) is 14.7. The lowest BCUT2D eigenvalue weighted by Crippen LogP contribution is -2.49. The standard InChI is InChI=1S/C16H29N3O2S/c1-3-18(4-2)10-9-17-15(20)14-11-22-12-19(14)16(21)13-7-5-6-8-13/h13-14H,3-12H2,1-2H3,(H,17,20). The van der Waals surface area contributed by atoms with Gasteiger partial charge in [0.2, 0.25) is 11.8 Å². The Balaban J connectivity index is 1.81. The summed E-state index contributed by atoms with van der Waals surface area (Å²) in [4.78, 5) is 29.1. The monoisotopic (exact) mass is 327 g/mol. The number of nitrogens with zero attached hydrogens (tertiary/aromatic N) is 2. The number of rotatable bonds is 7. The van der Waals surface area contributed by atoms with Crippen molar-refractivity contribution >= 4 is 23.6 Å². The van der Waals surface area contributed by atoms with E-state index in [0.717, 1.165) is 51.1 Å². The first-order valence-corrected chi connectivity index (χ1v) is 9.71. The second kappa shape index (κ2) is 8.77. The third kappa shape index (κ3) is 4.38. The average Bonchev–Trinajstić information content (AvgIpc) is 3.22. The van der Waals surface area contributed by atoms with Gasteiger partial charge in [0.1, 0.15) is 6.04 Å². The Morgan fingerprint density at radius 1 is 1.23 bits per heavy atom. The third-order valence-electron chi connectivity index (χ3n) is 4.79. The van der Waals surface area contributed by atoms with Gasteiger partial charge in [0.05, 0.1) is 5.88 Å². The Bertz CT molecular complexity index is 382. The van der Waals surface area contributed by atoms with Crippen LogP contribution < -0.4 is 5.32 Å². The largest absolute Gasteiger partial charge is 0.353 e. The summed E-state index contributed by atoms with van der Waals surface area (Å²) < 4.78 is 0. The summed E-state index contributed by atoms with van der Waals surface area (Å²) in [5.41, 5.74) is 0.